The molecule has 3 heteroatoms. The summed E-state index contributed by atoms with van der Waals surface area (Å²) in [6, 6.07) is 4.23. The fourth-order valence-electron chi connectivity index (χ4n) is 1.72. The van der Waals surface area contributed by atoms with E-state index < -0.39 is 0 Å². The Morgan fingerprint density at radius 2 is 2.62 bits per heavy atom. The number of rotatable bonds is 3. The summed E-state index contributed by atoms with van der Waals surface area (Å²) in [5.41, 5.74) is 0. The molecule has 1 aliphatic rings. The standard InChI is InChI=1S/C10H16N2S/c1-3-9(7-11-5-1)8-12-10-4-2-6-13-10/h2,4,6,9,11-12H,1,3,5,7-8H2. The minimum Gasteiger partial charge on any atom is -0.377 e. The Morgan fingerprint density at radius 3 is 3.31 bits per heavy atom. The van der Waals surface area contributed by atoms with E-state index in [2.05, 4.69) is 28.1 Å². The van der Waals surface area contributed by atoms with Crippen LogP contribution in [0.2, 0.25) is 0 Å². The molecule has 2 N–H and O–H groups in total. The van der Waals surface area contributed by atoms with E-state index in [1.54, 1.807) is 11.3 Å². The molecule has 0 radical (unpaired) electrons. The van der Waals surface area contributed by atoms with Gasteiger partial charge in [0.05, 0.1) is 5.00 Å². The first kappa shape index (κ1) is 9.03. The van der Waals surface area contributed by atoms with Crippen molar-refractivity contribution in [2.45, 2.75) is 12.8 Å². The Bertz CT molecular complexity index is 227. The quantitative estimate of drug-likeness (QED) is 0.774. The van der Waals surface area contributed by atoms with Crippen molar-refractivity contribution in [3.05, 3.63) is 17.5 Å². The largest absolute Gasteiger partial charge is 0.377 e. The molecule has 0 spiro atoms. The van der Waals surface area contributed by atoms with E-state index in [1.165, 1.54) is 30.9 Å². The van der Waals surface area contributed by atoms with E-state index in [0.717, 1.165) is 12.5 Å². The Labute approximate surface area is 83.4 Å². The number of piperidine rings is 1. The van der Waals surface area contributed by atoms with Gasteiger partial charge in [0, 0.05) is 6.54 Å². The number of nitrogens with one attached hydrogen (secondary N) is 2. The van der Waals surface area contributed by atoms with Gasteiger partial charge in [0.2, 0.25) is 0 Å². The molecule has 1 saturated heterocycles. The SMILES string of the molecule is c1csc(NCC2CCCNC2)c1. The molecule has 1 aliphatic heterocycles. The van der Waals surface area contributed by atoms with Gasteiger partial charge in [0.1, 0.15) is 0 Å². The van der Waals surface area contributed by atoms with Gasteiger partial charge in [-0.3, -0.25) is 0 Å². The fourth-order valence-corrected chi connectivity index (χ4v) is 2.35. The van der Waals surface area contributed by atoms with Crippen LogP contribution in [0.15, 0.2) is 17.5 Å². The zero-order valence-electron chi connectivity index (χ0n) is 7.75. The molecule has 1 aromatic rings. The van der Waals surface area contributed by atoms with Crippen LogP contribution in [0, 0.1) is 5.92 Å². The molecule has 13 heavy (non-hydrogen) atoms. The zero-order valence-corrected chi connectivity index (χ0v) is 8.57. The molecule has 0 aliphatic carbocycles. The predicted octanol–water partition coefficient (Wildman–Crippen LogP) is 2.16. The molecule has 2 nitrogen and oxygen atoms in total. The first-order valence-electron chi connectivity index (χ1n) is 4.93. The lowest BCUT2D eigenvalue weighted by Gasteiger charge is -2.22. The van der Waals surface area contributed by atoms with Crippen molar-refractivity contribution in [1.82, 2.24) is 5.32 Å². The third-order valence-corrected chi connectivity index (χ3v) is 3.31. The maximum absolute atomic E-state index is 3.47. The highest BCUT2D eigenvalue weighted by molar-refractivity contribution is 7.14. The second-order valence-corrected chi connectivity index (χ2v) is 4.52. The van der Waals surface area contributed by atoms with Crippen molar-refractivity contribution in [2.75, 3.05) is 25.0 Å². The van der Waals surface area contributed by atoms with E-state index in [9.17, 15) is 0 Å². The van der Waals surface area contributed by atoms with Crippen molar-refractivity contribution in [2.24, 2.45) is 5.92 Å². The minimum atomic E-state index is 0.816. The van der Waals surface area contributed by atoms with E-state index in [1.807, 2.05) is 0 Å². The summed E-state index contributed by atoms with van der Waals surface area (Å²) in [5.74, 6) is 0.816. The molecule has 1 aromatic heterocycles. The van der Waals surface area contributed by atoms with Gasteiger partial charge in [0.25, 0.3) is 0 Å². The third kappa shape index (κ3) is 2.71. The lowest BCUT2D eigenvalue weighted by Crippen LogP contribution is -2.33. The van der Waals surface area contributed by atoms with Crippen molar-refractivity contribution in [3.8, 4) is 0 Å². The Hall–Kier alpha value is -0.540. The van der Waals surface area contributed by atoms with Gasteiger partial charge in [-0.1, -0.05) is 0 Å². The van der Waals surface area contributed by atoms with Crippen molar-refractivity contribution < 1.29 is 0 Å². The molecular formula is C10H16N2S. The maximum atomic E-state index is 3.47. The molecule has 0 saturated carbocycles. The normalized spacial score (nSPS) is 22.9. The van der Waals surface area contributed by atoms with E-state index >= 15 is 0 Å². The average molecular weight is 196 g/mol. The van der Waals surface area contributed by atoms with Gasteiger partial charge < -0.3 is 10.6 Å². The van der Waals surface area contributed by atoms with Crippen molar-refractivity contribution in [1.29, 1.82) is 0 Å². The molecular weight excluding hydrogens is 180 g/mol. The summed E-state index contributed by atoms with van der Waals surface area (Å²) in [7, 11) is 0. The third-order valence-electron chi connectivity index (χ3n) is 2.49. The molecule has 1 unspecified atom stereocenters. The van der Waals surface area contributed by atoms with Crippen LogP contribution < -0.4 is 10.6 Å². The van der Waals surface area contributed by atoms with Crippen LogP contribution in [0.25, 0.3) is 0 Å². The van der Waals surface area contributed by atoms with Crippen LogP contribution in [0.1, 0.15) is 12.8 Å². The van der Waals surface area contributed by atoms with Gasteiger partial charge in [-0.25, -0.2) is 0 Å². The molecule has 0 amide bonds. The second kappa shape index (κ2) is 4.63. The van der Waals surface area contributed by atoms with Crippen LogP contribution in [0.4, 0.5) is 5.00 Å². The molecule has 1 atom stereocenters. The van der Waals surface area contributed by atoms with Crippen molar-refractivity contribution in [3.63, 3.8) is 0 Å². The summed E-state index contributed by atoms with van der Waals surface area (Å²) < 4.78 is 0. The molecule has 1 fully saturated rings. The van der Waals surface area contributed by atoms with Crippen LogP contribution in [-0.4, -0.2) is 19.6 Å². The monoisotopic (exact) mass is 196 g/mol. The van der Waals surface area contributed by atoms with E-state index in [-0.39, 0.29) is 0 Å². The highest BCUT2D eigenvalue weighted by Crippen LogP contribution is 2.17. The van der Waals surface area contributed by atoms with Crippen LogP contribution in [-0.2, 0) is 0 Å². The summed E-state index contributed by atoms with van der Waals surface area (Å²) in [6.07, 6.45) is 2.70. The predicted molar refractivity (Wildman–Crippen MR) is 58.4 cm³/mol. The highest BCUT2D eigenvalue weighted by atomic mass is 32.1. The lowest BCUT2D eigenvalue weighted by molar-refractivity contribution is 0.393. The number of anilines is 1. The zero-order chi connectivity index (χ0) is 8.93. The highest BCUT2D eigenvalue weighted by Gasteiger charge is 2.11. The molecule has 0 aromatic carbocycles. The molecule has 2 rings (SSSR count). The van der Waals surface area contributed by atoms with Gasteiger partial charge in [-0.15, -0.1) is 11.3 Å². The first-order valence-corrected chi connectivity index (χ1v) is 5.81. The average Bonchev–Trinajstić information content (AvgIpc) is 2.69. The smallest absolute Gasteiger partial charge is 0.0882 e. The first-order chi connectivity index (χ1) is 6.45. The van der Waals surface area contributed by atoms with Gasteiger partial charge in [0.15, 0.2) is 0 Å². The molecule has 0 bridgehead atoms. The Balaban J connectivity index is 1.72. The summed E-state index contributed by atoms with van der Waals surface area (Å²) in [5, 5.41) is 10.3. The van der Waals surface area contributed by atoms with Gasteiger partial charge >= 0.3 is 0 Å². The molecule has 2 heterocycles. The van der Waals surface area contributed by atoms with Crippen molar-refractivity contribution >= 4 is 16.3 Å². The summed E-state index contributed by atoms with van der Waals surface area (Å²) >= 11 is 1.78. The van der Waals surface area contributed by atoms with E-state index in [4.69, 9.17) is 0 Å². The summed E-state index contributed by atoms with van der Waals surface area (Å²) in [4.78, 5) is 0. The molecule has 72 valence electrons. The fraction of sp³-hybridized carbons (Fsp3) is 0.600. The Morgan fingerprint density at radius 1 is 1.62 bits per heavy atom. The Kier molecular flexibility index (Phi) is 3.22. The van der Waals surface area contributed by atoms with E-state index in [0.29, 0.717) is 0 Å². The second-order valence-electron chi connectivity index (χ2n) is 3.57. The lowest BCUT2D eigenvalue weighted by atomic mass is 10.00. The van der Waals surface area contributed by atoms with Crippen LogP contribution >= 0.6 is 11.3 Å². The minimum absolute atomic E-state index is 0.816. The summed E-state index contributed by atoms with van der Waals surface area (Å²) in [6.45, 7) is 3.50. The van der Waals surface area contributed by atoms with Gasteiger partial charge in [-0.2, -0.15) is 0 Å². The maximum Gasteiger partial charge on any atom is 0.0882 e. The number of thiophene rings is 1. The number of hydrogen-bond donors (Lipinski definition) is 2. The number of hydrogen-bond acceptors (Lipinski definition) is 3. The van der Waals surface area contributed by atoms with Crippen LogP contribution in [0.5, 0.6) is 0 Å². The van der Waals surface area contributed by atoms with Crippen LogP contribution in [0.3, 0.4) is 0 Å². The van der Waals surface area contributed by atoms with Gasteiger partial charge in [-0.05, 0) is 49.4 Å². The topological polar surface area (TPSA) is 24.1 Å².